The summed E-state index contributed by atoms with van der Waals surface area (Å²) in [7, 11) is 4.13. The maximum atomic E-state index is 11.7. The average Bonchev–Trinajstić information content (AvgIpc) is 4.34. The maximum Gasteiger partial charge on any atom is 0.336 e. The van der Waals surface area contributed by atoms with E-state index in [2.05, 4.69) is 186 Å². The molecule has 4 aromatic heterocycles. The molecule has 77 heavy (non-hydrogen) atoms. The second-order valence-electron chi connectivity index (χ2n) is 19.8. The number of halogens is 1. The lowest BCUT2D eigenvalue weighted by atomic mass is 9.98. The fourth-order valence-electron chi connectivity index (χ4n) is 10.4. The van der Waals surface area contributed by atoms with Crippen molar-refractivity contribution in [3.8, 4) is 45.0 Å². The minimum atomic E-state index is -0.921. The van der Waals surface area contributed by atoms with Crippen LogP contribution in [-0.2, 0) is 38.8 Å². The van der Waals surface area contributed by atoms with Crippen molar-refractivity contribution < 1.29 is 9.90 Å². The Morgan fingerprint density at radius 1 is 0.532 bits per heavy atom. The van der Waals surface area contributed by atoms with Gasteiger partial charge >= 0.3 is 5.97 Å². The summed E-state index contributed by atoms with van der Waals surface area (Å²) in [6.07, 6.45) is 3.97. The van der Waals surface area contributed by atoms with E-state index in [-0.39, 0.29) is 0 Å². The summed E-state index contributed by atoms with van der Waals surface area (Å²) in [5, 5.41) is 10.5. The Hall–Kier alpha value is -8.41. The molecule has 2 N–H and O–H groups in total. The van der Waals surface area contributed by atoms with Gasteiger partial charge in [0.1, 0.15) is 23.3 Å². The van der Waals surface area contributed by atoms with E-state index in [4.69, 9.17) is 19.9 Å². The standard InChI is InChI=1S/C33H30N4O2.C19H20N4.C14H13Br/c1-4-9-30-35-31-21(2)18-24(32-34-27-12-7-8-13-28(27)36(32)3)19-29(31)37(30)20-22-14-16-23(17-15-22)25-10-5-6-11-26(25)33(38)39;1-4-7-17-20-15-11-13(10-12(2)18(15)22-17)19-21-14-8-5-6-9-16(14)23(19)3;1-11-4-2-3-5-14(11)13-8-6-12(10-15)7-9-13/h5-8,10-19H,4,9,20H2,1-3H3,(H,38,39);5-6,8-11H,4,7H2,1-3H3,(H,20,22);2-9H,10H2,1H3. The van der Waals surface area contributed by atoms with Crippen LogP contribution in [0.25, 0.3) is 89.2 Å². The number of aromatic amines is 1. The quantitative estimate of drug-likeness (QED) is 0.118. The molecule has 8 aromatic carbocycles. The highest BCUT2D eigenvalue weighted by Crippen LogP contribution is 2.33. The molecule has 0 fully saturated rings. The van der Waals surface area contributed by atoms with E-state index in [0.29, 0.717) is 12.1 Å². The molecule has 386 valence electrons. The Kier molecular flexibility index (Phi) is 15.4. The van der Waals surface area contributed by atoms with Gasteiger partial charge in [0, 0.05) is 49.9 Å². The molecule has 0 radical (unpaired) electrons. The fraction of sp³-hybridized carbons (Fsp3) is 0.197. The Labute approximate surface area is 458 Å². The van der Waals surface area contributed by atoms with Gasteiger partial charge < -0.3 is 23.8 Å². The van der Waals surface area contributed by atoms with Crippen molar-refractivity contribution in [3.63, 3.8) is 0 Å². The normalized spacial score (nSPS) is 11.3. The van der Waals surface area contributed by atoms with Crippen LogP contribution in [0.15, 0.2) is 170 Å². The highest BCUT2D eigenvalue weighted by atomic mass is 79.9. The van der Waals surface area contributed by atoms with Crippen molar-refractivity contribution in [3.05, 3.63) is 215 Å². The number of alkyl halides is 1. The lowest BCUT2D eigenvalue weighted by Crippen LogP contribution is -2.05. The molecule has 0 aliphatic carbocycles. The van der Waals surface area contributed by atoms with E-state index in [1.165, 1.54) is 27.8 Å². The summed E-state index contributed by atoms with van der Waals surface area (Å²) in [5.74, 6) is 3.14. The van der Waals surface area contributed by atoms with Crippen LogP contribution in [0.5, 0.6) is 0 Å². The topological polar surface area (TPSA) is 119 Å². The van der Waals surface area contributed by atoms with Crippen LogP contribution in [-0.4, -0.2) is 49.7 Å². The van der Waals surface area contributed by atoms with E-state index in [0.717, 1.165) is 132 Å². The Balaban J connectivity index is 0.000000148. The summed E-state index contributed by atoms with van der Waals surface area (Å²) in [4.78, 5) is 34.7. The van der Waals surface area contributed by atoms with E-state index in [9.17, 15) is 9.90 Å². The van der Waals surface area contributed by atoms with E-state index in [1.54, 1.807) is 12.1 Å². The van der Waals surface area contributed by atoms with Crippen molar-refractivity contribution in [1.29, 1.82) is 0 Å². The number of carbonyl (C=O) groups is 1. The summed E-state index contributed by atoms with van der Waals surface area (Å²) in [6.45, 7) is 11.4. The van der Waals surface area contributed by atoms with Gasteiger partial charge in [-0.15, -0.1) is 0 Å². The minimum Gasteiger partial charge on any atom is -0.478 e. The second kappa shape index (κ2) is 22.8. The van der Waals surface area contributed by atoms with Gasteiger partial charge in [-0.05, 0) is 138 Å². The van der Waals surface area contributed by atoms with Crippen LogP contribution in [0.3, 0.4) is 0 Å². The Morgan fingerprint density at radius 2 is 1.06 bits per heavy atom. The van der Waals surface area contributed by atoms with Crippen LogP contribution in [0, 0.1) is 20.8 Å². The number of aromatic nitrogens is 8. The lowest BCUT2D eigenvalue weighted by Gasteiger charge is -2.12. The molecular formula is C66H63BrN8O2. The monoisotopic (exact) mass is 1080 g/mol. The third-order valence-corrected chi connectivity index (χ3v) is 15.0. The SMILES string of the molecule is CCCc1nc2c(C)cc(-c3nc4ccccc4n3C)cc2[nH]1.CCCc1nc2c(C)cc(-c3nc4ccccc4n3C)cc2n1Cc1ccc(-c2ccccc2C(=O)O)cc1.Cc1ccccc1-c1ccc(CBr)cc1. The number of fused-ring (bicyclic) bond motifs is 4. The Morgan fingerprint density at radius 3 is 1.65 bits per heavy atom. The van der Waals surface area contributed by atoms with Crippen molar-refractivity contribution in [1.82, 2.24) is 38.6 Å². The van der Waals surface area contributed by atoms with Gasteiger partial charge in [-0.1, -0.05) is 145 Å². The number of para-hydroxylation sites is 4. The molecule has 4 heterocycles. The van der Waals surface area contributed by atoms with E-state index >= 15 is 0 Å². The average molecular weight is 1080 g/mol. The third kappa shape index (κ3) is 10.9. The first-order valence-corrected chi connectivity index (χ1v) is 27.5. The molecule has 0 bridgehead atoms. The van der Waals surface area contributed by atoms with Gasteiger partial charge in [0.25, 0.3) is 0 Å². The molecule has 0 aliphatic rings. The van der Waals surface area contributed by atoms with Gasteiger partial charge in [-0.25, -0.2) is 24.7 Å². The Bertz CT molecular complexity index is 4070. The smallest absolute Gasteiger partial charge is 0.336 e. The molecule has 0 unspecified atom stereocenters. The number of benzene rings is 8. The zero-order chi connectivity index (χ0) is 53.7. The summed E-state index contributed by atoms with van der Waals surface area (Å²) in [5.41, 5.74) is 21.4. The van der Waals surface area contributed by atoms with Gasteiger partial charge in [0.05, 0.1) is 49.7 Å². The van der Waals surface area contributed by atoms with Crippen molar-refractivity contribution in [2.45, 2.75) is 72.2 Å². The zero-order valence-corrected chi connectivity index (χ0v) is 46.4. The molecular weight excluding hydrogens is 1020 g/mol. The second-order valence-corrected chi connectivity index (χ2v) is 20.4. The number of nitrogens with zero attached hydrogens (tertiary/aromatic N) is 7. The number of carboxylic acids is 1. The van der Waals surface area contributed by atoms with E-state index in [1.807, 2.05) is 54.6 Å². The molecule has 0 amide bonds. The first-order valence-electron chi connectivity index (χ1n) is 26.4. The van der Waals surface area contributed by atoms with Crippen molar-refractivity contribution in [2.75, 3.05) is 0 Å². The minimum absolute atomic E-state index is 0.307. The van der Waals surface area contributed by atoms with Crippen LogP contribution in [0.2, 0.25) is 0 Å². The number of hydrogen-bond acceptors (Lipinski definition) is 5. The zero-order valence-electron chi connectivity index (χ0n) is 44.8. The van der Waals surface area contributed by atoms with Gasteiger partial charge in [0.15, 0.2) is 0 Å². The molecule has 12 rings (SSSR count). The van der Waals surface area contributed by atoms with Crippen LogP contribution in [0.4, 0.5) is 0 Å². The number of hydrogen-bond donors (Lipinski definition) is 2. The van der Waals surface area contributed by atoms with Crippen LogP contribution in [0.1, 0.15) is 76.5 Å². The number of nitrogens with one attached hydrogen (secondary N) is 1. The van der Waals surface area contributed by atoms with Crippen LogP contribution < -0.4 is 0 Å². The van der Waals surface area contributed by atoms with Gasteiger partial charge in [-0.2, -0.15) is 0 Å². The third-order valence-electron chi connectivity index (χ3n) is 14.3. The van der Waals surface area contributed by atoms with Gasteiger partial charge in [0.2, 0.25) is 0 Å². The number of aromatic carboxylic acids is 1. The molecule has 11 heteroatoms. The molecule has 10 nitrogen and oxygen atoms in total. The molecule has 0 aliphatic heterocycles. The number of rotatable bonds is 12. The van der Waals surface area contributed by atoms with Crippen molar-refractivity contribution in [2.24, 2.45) is 14.1 Å². The molecule has 0 saturated heterocycles. The fourth-order valence-corrected chi connectivity index (χ4v) is 10.7. The number of imidazole rings is 4. The molecule has 0 atom stereocenters. The van der Waals surface area contributed by atoms with Crippen LogP contribution >= 0.6 is 15.9 Å². The molecule has 0 spiro atoms. The number of aryl methyl sites for hydroxylation is 7. The lowest BCUT2D eigenvalue weighted by molar-refractivity contribution is 0.0697. The maximum absolute atomic E-state index is 11.7. The summed E-state index contributed by atoms with van der Waals surface area (Å²) in [6, 6.07) is 57.6. The largest absolute Gasteiger partial charge is 0.478 e. The first kappa shape index (κ1) is 52.0. The number of carboxylic acid groups (broad SMARTS) is 1. The summed E-state index contributed by atoms with van der Waals surface area (Å²) >= 11 is 3.45. The number of H-pyrrole nitrogens is 1. The molecule has 0 saturated carbocycles. The van der Waals surface area contributed by atoms with Crippen molar-refractivity contribution >= 4 is 66.0 Å². The highest BCUT2D eigenvalue weighted by Gasteiger charge is 2.19. The first-order chi connectivity index (χ1) is 37.4. The highest BCUT2D eigenvalue weighted by molar-refractivity contribution is 9.08. The summed E-state index contributed by atoms with van der Waals surface area (Å²) < 4.78 is 6.62. The predicted molar refractivity (Wildman–Crippen MR) is 320 cm³/mol. The van der Waals surface area contributed by atoms with Gasteiger partial charge in [-0.3, -0.25) is 0 Å². The molecule has 12 aromatic rings. The van der Waals surface area contributed by atoms with E-state index < -0.39 is 5.97 Å². The predicted octanol–water partition coefficient (Wildman–Crippen LogP) is 16.2.